The molecule has 0 aliphatic rings. The molecule has 5 N–H and O–H groups in total. The number of carbonyl (C=O) groups is 1. The summed E-state index contributed by atoms with van der Waals surface area (Å²) >= 11 is 1.11. The lowest BCUT2D eigenvalue weighted by molar-refractivity contribution is 0.100. The van der Waals surface area contributed by atoms with Gasteiger partial charge in [-0.25, -0.2) is 4.98 Å². The molecule has 2 aromatic rings. The second-order valence-corrected chi connectivity index (χ2v) is 4.22. The van der Waals surface area contributed by atoms with Crippen molar-refractivity contribution in [2.45, 2.75) is 6.54 Å². The topological polar surface area (TPSA) is 112 Å². The highest BCUT2D eigenvalue weighted by Crippen LogP contribution is 2.26. The number of amides is 1. The van der Waals surface area contributed by atoms with Crippen molar-refractivity contribution >= 4 is 28.3 Å². The Hall–Kier alpha value is -2.09. The average Bonchev–Trinajstić information content (AvgIpc) is 2.82. The van der Waals surface area contributed by atoms with Crippen LogP contribution in [0, 0.1) is 0 Å². The Morgan fingerprint density at radius 2 is 2.41 bits per heavy atom. The van der Waals surface area contributed by atoms with E-state index in [-0.39, 0.29) is 11.4 Å². The molecule has 8 heteroatoms. The third-order valence-electron chi connectivity index (χ3n) is 2.29. The van der Waals surface area contributed by atoms with Gasteiger partial charge in [-0.1, -0.05) is 0 Å². The molecule has 2 aromatic heterocycles. The van der Waals surface area contributed by atoms with Crippen molar-refractivity contribution in [2.24, 2.45) is 12.8 Å². The van der Waals surface area contributed by atoms with E-state index in [1.165, 1.54) is 0 Å². The summed E-state index contributed by atoms with van der Waals surface area (Å²) in [4.78, 5) is 15.3. The van der Waals surface area contributed by atoms with Gasteiger partial charge in [-0.15, -0.1) is 0 Å². The van der Waals surface area contributed by atoms with Crippen LogP contribution < -0.4 is 16.8 Å². The van der Waals surface area contributed by atoms with E-state index in [0.29, 0.717) is 11.5 Å². The van der Waals surface area contributed by atoms with Crippen LogP contribution in [0.1, 0.15) is 16.2 Å². The number of anilines is 2. The molecule has 0 unspecified atom stereocenters. The van der Waals surface area contributed by atoms with E-state index in [0.717, 1.165) is 17.4 Å². The number of rotatable bonds is 4. The van der Waals surface area contributed by atoms with Crippen molar-refractivity contribution in [3.8, 4) is 0 Å². The molecular weight excluding hydrogens is 240 g/mol. The first-order valence-corrected chi connectivity index (χ1v) is 5.62. The van der Waals surface area contributed by atoms with Gasteiger partial charge in [0.15, 0.2) is 5.82 Å². The second kappa shape index (κ2) is 4.42. The van der Waals surface area contributed by atoms with Gasteiger partial charge in [0.1, 0.15) is 16.4 Å². The molecule has 0 aliphatic heterocycles. The summed E-state index contributed by atoms with van der Waals surface area (Å²) < 4.78 is 5.77. The van der Waals surface area contributed by atoms with Gasteiger partial charge in [0.25, 0.3) is 5.91 Å². The molecule has 2 heterocycles. The van der Waals surface area contributed by atoms with E-state index in [4.69, 9.17) is 11.5 Å². The standard InChI is InChI=1S/C9H12N6OS/c1-15-3-2-12-5(15)4-13-9-6(8(11)16)7(10)14-17-9/h2-3,13H,4H2,1H3,(H2,10,14)(H2,11,16). The maximum Gasteiger partial charge on any atom is 0.255 e. The highest BCUT2D eigenvalue weighted by Gasteiger charge is 2.16. The number of aryl methyl sites for hydroxylation is 1. The van der Waals surface area contributed by atoms with Crippen LogP contribution in [-0.2, 0) is 13.6 Å². The molecule has 0 aromatic carbocycles. The third-order valence-corrected chi connectivity index (χ3v) is 3.11. The number of nitrogens with one attached hydrogen (secondary N) is 1. The fourth-order valence-electron chi connectivity index (χ4n) is 1.39. The fraction of sp³-hybridized carbons (Fsp3) is 0.222. The van der Waals surface area contributed by atoms with Crippen LogP contribution in [0.5, 0.6) is 0 Å². The first kappa shape index (κ1) is 11.4. The smallest absolute Gasteiger partial charge is 0.255 e. The molecule has 0 aliphatic carbocycles. The molecule has 2 rings (SSSR count). The van der Waals surface area contributed by atoms with Crippen LogP contribution in [0.3, 0.4) is 0 Å². The van der Waals surface area contributed by atoms with E-state index in [1.807, 2.05) is 17.8 Å². The van der Waals surface area contributed by atoms with Gasteiger partial charge in [-0.2, -0.15) is 4.37 Å². The number of hydrogen-bond acceptors (Lipinski definition) is 6. The van der Waals surface area contributed by atoms with Gasteiger partial charge in [0, 0.05) is 19.4 Å². The SMILES string of the molecule is Cn1ccnc1CNc1snc(N)c1C(N)=O. The minimum atomic E-state index is -0.585. The quantitative estimate of drug-likeness (QED) is 0.718. The van der Waals surface area contributed by atoms with Crippen LogP contribution in [0.15, 0.2) is 12.4 Å². The maximum absolute atomic E-state index is 11.2. The first-order chi connectivity index (χ1) is 8.09. The lowest BCUT2D eigenvalue weighted by atomic mass is 10.3. The van der Waals surface area contributed by atoms with Crippen molar-refractivity contribution in [1.82, 2.24) is 13.9 Å². The fourth-order valence-corrected chi connectivity index (χ4v) is 2.10. The summed E-state index contributed by atoms with van der Waals surface area (Å²) in [6.45, 7) is 0.478. The second-order valence-electron chi connectivity index (χ2n) is 3.44. The summed E-state index contributed by atoms with van der Waals surface area (Å²) in [6.07, 6.45) is 3.54. The molecule has 0 radical (unpaired) electrons. The monoisotopic (exact) mass is 252 g/mol. The molecule has 17 heavy (non-hydrogen) atoms. The Kier molecular flexibility index (Phi) is 2.96. The van der Waals surface area contributed by atoms with Gasteiger partial charge < -0.3 is 21.4 Å². The normalized spacial score (nSPS) is 10.4. The minimum Gasteiger partial charge on any atom is -0.382 e. The molecule has 0 saturated heterocycles. The van der Waals surface area contributed by atoms with Crippen LogP contribution >= 0.6 is 11.5 Å². The molecule has 0 fully saturated rings. The average molecular weight is 252 g/mol. The van der Waals surface area contributed by atoms with E-state index in [9.17, 15) is 4.79 Å². The summed E-state index contributed by atoms with van der Waals surface area (Å²) in [7, 11) is 1.89. The number of hydrogen-bond donors (Lipinski definition) is 3. The van der Waals surface area contributed by atoms with Gasteiger partial charge in [-0.3, -0.25) is 4.79 Å². The number of carbonyl (C=O) groups excluding carboxylic acids is 1. The number of nitrogens with zero attached hydrogens (tertiary/aromatic N) is 3. The van der Waals surface area contributed by atoms with E-state index >= 15 is 0 Å². The summed E-state index contributed by atoms with van der Waals surface area (Å²) in [5.41, 5.74) is 11.0. The van der Waals surface area contributed by atoms with E-state index < -0.39 is 5.91 Å². The predicted molar refractivity (Wildman–Crippen MR) is 65.6 cm³/mol. The highest BCUT2D eigenvalue weighted by molar-refractivity contribution is 7.11. The molecule has 0 bridgehead atoms. The zero-order valence-electron chi connectivity index (χ0n) is 9.17. The molecule has 0 atom stereocenters. The number of nitrogen functional groups attached to an aromatic ring is 1. The maximum atomic E-state index is 11.2. The lowest BCUT2D eigenvalue weighted by Crippen LogP contribution is -2.15. The molecule has 0 saturated carbocycles. The molecular formula is C9H12N6OS. The minimum absolute atomic E-state index is 0.157. The number of primary amides is 1. The Labute approximate surface area is 102 Å². The largest absolute Gasteiger partial charge is 0.382 e. The van der Waals surface area contributed by atoms with Crippen LogP contribution in [0.2, 0.25) is 0 Å². The van der Waals surface area contributed by atoms with Gasteiger partial charge in [0.05, 0.1) is 6.54 Å². The van der Waals surface area contributed by atoms with Crippen molar-refractivity contribution < 1.29 is 4.79 Å². The van der Waals surface area contributed by atoms with Crippen LogP contribution in [0.4, 0.5) is 10.8 Å². The molecule has 0 spiro atoms. The van der Waals surface area contributed by atoms with Crippen molar-refractivity contribution in [2.75, 3.05) is 11.1 Å². The van der Waals surface area contributed by atoms with Crippen molar-refractivity contribution in [3.63, 3.8) is 0 Å². The van der Waals surface area contributed by atoms with Crippen molar-refractivity contribution in [1.29, 1.82) is 0 Å². The zero-order chi connectivity index (χ0) is 12.4. The predicted octanol–water partition coefficient (Wildman–Crippen LogP) is 0.170. The summed E-state index contributed by atoms with van der Waals surface area (Å²) in [6, 6.07) is 0. The van der Waals surface area contributed by atoms with Gasteiger partial charge in [-0.05, 0) is 11.5 Å². The Morgan fingerprint density at radius 1 is 1.65 bits per heavy atom. The Bertz CT molecular complexity index is 545. The number of aromatic nitrogens is 3. The van der Waals surface area contributed by atoms with E-state index in [1.54, 1.807) is 6.20 Å². The van der Waals surface area contributed by atoms with Crippen LogP contribution in [-0.4, -0.2) is 19.8 Å². The Balaban J connectivity index is 2.15. The highest BCUT2D eigenvalue weighted by atomic mass is 32.1. The lowest BCUT2D eigenvalue weighted by Gasteiger charge is -2.05. The van der Waals surface area contributed by atoms with E-state index in [2.05, 4.69) is 14.7 Å². The molecule has 90 valence electrons. The first-order valence-electron chi connectivity index (χ1n) is 4.84. The number of nitrogens with two attached hydrogens (primary N) is 2. The summed E-state index contributed by atoms with van der Waals surface area (Å²) in [5, 5.41) is 3.62. The molecule has 1 amide bonds. The zero-order valence-corrected chi connectivity index (χ0v) is 9.99. The third kappa shape index (κ3) is 2.21. The van der Waals surface area contributed by atoms with Gasteiger partial charge in [0.2, 0.25) is 0 Å². The summed E-state index contributed by atoms with van der Waals surface area (Å²) in [5.74, 6) is 0.413. The van der Waals surface area contributed by atoms with Crippen LogP contribution in [0.25, 0.3) is 0 Å². The number of imidazole rings is 1. The Morgan fingerprint density at radius 3 is 3.00 bits per heavy atom. The van der Waals surface area contributed by atoms with Crippen molar-refractivity contribution in [3.05, 3.63) is 23.8 Å². The van der Waals surface area contributed by atoms with Gasteiger partial charge >= 0.3 is 0 Å². The molecule has 7 nitrogen and oxygen atoms in total.